The zero-order valence-electron chi connectivity index (χ0n) is 11.4. The molecule has 3 nitrogen and oxygen atoms in total. The number of halogens is 1. The smallest absolute Gasteiger partial charge is 0.207 e. The fraction of sp³-hybridized carbons (Fsp3) is 0.533. The molecule has 1 aliphatic heterocycles. The average molecular weight is 264 g/mol. The Hall–Kier alpha value is -1.42. The van der Waals surface area contributed by atoms with E-state index in [9.17, 15) is 9.18 Å². The van der Waals surface area contributed by atoms with Gasteiger partial charge in [0.1, 0.15) is 5.82 Å². The molecule has 0 atom stereocenters. The maximum absolute atomic E-state index is 13.3. The molecule has 1 saturated heterocycles. The second kappa shape index (κ2) is 6.15. The minimum absolute atomic E-state index is 0.0662. The Kier molecular flexibility index (Phi) is 4.53. The standard InChI is InChI=1S/C15H21FN2O/c1-15(13-3-2-4-14(16)11-13)5-8-18(9-6-15)10-7-17-12-19/h2-4,11-12H,5-10H2,1H3,(H,17,19). The van der Waals surface area contributed by atoms with Crippen molar-refractivity contribution >= 4 is 6.41 Å². The lowest BCUT2D eigenvalue weighted by Gasteiger charge is -2.39. The van der Waals surface area contributed by atoms with Crippen LogP contribution in [0.4, 0.5) is 4.39 Å². The number of nitrogens with one attached hydrogen (secondary N) is 1. The summed E-state index contributed by atoms with van der Waals surface area (Å²) in [6.45, 7) is 5.78. The Morgan fingerprint density at radius 1 is 1.42 bits per heavy atom. The third-order valence-electron chi connectivity index (χ3n) is 4.14. The van der Waals surface area contributed by atoms with Gasteiger partial charge in [0.05, 0.1) is 0 Å². The molecule has 0 spiro atoms. The van der Waals surface area contributed by atoms with Crippen LogP contribution >= 0.6 is 0 Å². The van der Waals surface area contributed by atoms with Crippen LogP contribution in [-0.2, 0) is 10.2 Å². The van der Waals surface area contributed by atoms with E-state index >= 15 is 0 Å². The molecule has 0 saturated carbocycles. The van der Waals surface area contributed by atoms with E-state index in [1.165, 1.54) is 6.07 Å². The van der Waals surface area contributed by atoms with E-state index in [0.29, 0.717) is 6.54 Å². The maximum Gasteiger partial charge on any atom is 0.207 e. The third-order valence-corrected chi connectivity index (χ3v) is 4.14. The van der Waals surface area contributed by atoms with Crippen molar-refractivity contribution in [1.29, 1.82) is 0 Å². The number of amides is 1. The van der Waals surface area contributed by atoms with Crippen LogP contribution in [0.25, 0.3) is 0 Å². The predicted octanol–water partition coefficient (Wildman–Crippen LogP) is 1.93. The first-order valence-corrected chi connectivity index (χ1v) is 6.79. The molecular formula is C15H21FN2O. The predicted molar refractivity (Wildman–Crippen MR) is 73.5 cm³/mol. The second-order valence-corrected chi connectivity index (χ2v) is 5.48. The summed E-state index contributed by atoms with van der Waals surface area (Å²) in [4.78, 5) is 12.5. The molecule has 0 bridgehead atoms. The Balaban J connectivity index is 1.92. The molecule has 1 aromatic carbocycles. The Morgan fingerprint density at radius 3 is 2.79 bits per heavy atom. The van der Waals surface area contributed by atoms with Gasteiger partial charge >= 0.3 is 0 Å². The summed E-state index contributed by atoms with van der Waals surface area (Å²) in [5, 5.41) is 2.68. The van der Waals surface area contributed by atoms with Gasteiger partial charge in [0.2, 0.25) is 6.41 Å². The first-order chi connectivity index (χ1) is 9.14. The first kappa shape index (κ1) is 14.0. The number of hydrogen-bond donors (Lipinski definition) is 1. The van der Waals surface area contributed by atoms with Crippen molar-refractivity contribution in [2.45, 2.75) is 25.2 Å². The second-order valence-electron chi connectivity index (χ2n) is 5.48. The Bertz CT molecular complexity index is 428. The van der Waals surface area contributed by atoms with E-state index in [-0.39, 0.29) is 11.2 Å². The highest BCUT2D eigenvalue weighted by atomic mass is 19.1. The van der Waals surface area contributed by atoms with E-state index < -0.39 is 0 Å². The van der Waals surface area contributed by atoms with Crippen LogP contribution in [0.5, 0.6) is 0 Å². The average Bonchev–Trinajstić information content (AvgIpc) is 2.41. The molecular weight excluding hydrogens is 243 g/mol. The van der Waals surface area contributed by atoms with E-state index in [1.54, 1.807) is 12.1 Å². The summed E-state index contributed by atoms with van der Waals surface area (Å²) in [5.74, 6) is -0.156. The molecule has 104 valence electrons. The molecule has 4 heteroatoms. The molecule has 1 N–H and O–H groups in total. The van der Waals surface area contributed by atoms with Crippen molar-refractivity contribution < 1.29 is 9.18 Å². The van der Waals surface area contributed by atoms with Gasteiger partial charge in [-0.05, 0) is 49.0 Å². The highest BCUT2D eigenvalue weighted by Gasteiger charge is 2.31. The van der Waals surface area contributed by atoms with Crippen LogP contribution in [0.3, 0.4) is 0 Å². The Morgan fingerprint density at radius 2 is 2.16 bits per heavy atom. The zero-order valence-corrected chi connectivity index (χ0v) is 11.4. The van der Waals surface area contributed by atoms with Crippen LogP contribution < -0.4 is 5.32 Å². The molecule has 1 aliphatic rings. The van der Waals surface area contributed by atoms with Crippen LogP contribution in [0.2, 0.25) is 0 Å². The molecule has 1 heterocycles. The van der Waals surface area contributed by atoms with Crippen molar-refractivity contribution in [3.8, 4) is 0 Å². The number of rotatable bonds is 5. The lowest BCUT2D eigenvalue weighted by molar-refractivity contribution is -0.109. The van der Waals surface area contributed by atoms with Crippen LogP contribution in [-0.4, -0.2) is 37.5 Å². The summed E-state index contributed by atoms with van der Waals surface area (Å²) in [6.07, 6.45) is 2.79. The van der Waals surface area contributed by atoms with E-state index in [1.807, 2.05) is 6.07 Å². The molecule has 0 radical (unpaired) electrons. The van der Waals surface area contributed by atoms with Gasteiger partial charge in [-0.3, -0.25) is 4.79 Å². The van der Waals surface area contributed by atoms with Gasteiger partial charge < -0.3 is 10.2 Å². The van der Waals surface area contributed by atoms with Gasteiger partial charge in [-0.25, -0.2) is 4.39 Å². The zero-order chi connectivity index (χ0) is 13.7. The number of likely N-dealkylation sites (tertiary alicyclic amines) is 1. The number of hydrogen-bond acceptors (Lipinski definition) is 2. The minimum atomic E-state index is -0.156. The summed E-state index contributed by atoms with van der Waals surface area (Å²) in [7, 11) is 0. The van der Waals surface area contributed by atoms with Crippen molar-refractivity contribution in [3.05, 3.63) is 35.6 Å². The van der Waals surface area contributed by atoms with Gasteiger partial charge in [0, 0.05) is 13.1 Å². The van der Waals surface area contributed by atoms with Gasteiger partial charge in [-0.1, -0.05) is 19.1 Å². The fourth-order valence-corrected chi connectivity index (χ4v) is 2.70. The fourth-order valence-electron chi connectivity index (χ4n) is 2.70. The largest absolute Gasteiger partial charge is 0.357 e. The van der Waals surface area contributed by atoms with Crippen molar-refractivity contribution in [2.75, 3.05) is 26.2 Å². The van der Waals surface area contributed by atoms with Crippen LogP contribution in [0, 0.1) is 5.82 Å². The lowest BCUT2D eigenvalue weighted by Crippen LogP contribution is -2.43. The highest BCUT2D eigenvalue weighted by Crippen LogP contribution is 2.35. The highest BCUT2D eigenvalue weighted by molar-refractivity contribution is 5.45. The van der Waals surface area contributed by atoms with Crippen LogP contribution in [0.1, 0.15) is 25.3 Å². The first-order valence-electron chi connectivity index (χ1n) is 6.79. The summed E-state index contributed by atoms with van der Waals surface area (Å²) < 4.78 is 13.3. The molecule has 2 rings (SSSR count). The SMILES string of the molecule is CC1(c2cccc(F)c2)CCN(CCNC=O)CC1. The molecule has 1 aromatic rings. The maximum atomic E-state index is 13.3. The molecule has 19 heavy (non-hydrogen) atoms. The lowest BCUT2D eigenvalue weighted by atomic mass is 9.74. The van der Waals surface area contributed by atoms with Gasteiger partial charge in [-0.15, -0.1) is 0 Å². The summed E-state index contributed by atoms with van der Waals surface area (Å²) >= 11 is 0. The number of nitrogens with zero attached hydrogens (tertiary/aromatic N) is 1. The quantitative estimate of drug-likeness (QED) is 0.651. The topological polar surface area (TPSA) is 32.3 Å². The van der Waals surface area contributed by atoms with E-state index in [2.05, 4.69) is 17.1 Å². The molecule has 1 amide bonds. The molecule has 1 fully saturated rings. The number of piperidine rings is 1. The summed E-state index contributed by atoms with van der Waals surface area (Å²) in [6, 6.07) is 6.96. The van der Waals surface area contributed by atoms with Crippen LogP contribution in [0.15, 0.2) is 24.3 Å². The number of carbonyl (C=O) groups is 1. The van der Waals surface area contributed by atoms with Gasteiger partial charge in [-0.2, -0.15) is 0 Å². The minimum Gasteiger partial charge on any atom is -0.357 e. The number of benzene rings is 1. The molecule has 0 unspecified atom stereocenters. The monoisotopic (exact) mass is 264 g/mol. The summed E-state index contributed by atoms with van der Waals surface area (Å²) in [5.41, 5.74) is 1.16. The molecule has 0 aromatic heterocycles. The van der Waals surface area contributed by atoms with E-state index in [0.717, 1.165) is 44.4 Å². The van der Waals surface area contributed by atoms with Gasteiger partial charge in [0.15, 0.2) is 0 Å². The molecule has 0 aliphatic carbocycles. The van der Waals surface area contributed by atoms with Crippen molar-refractivity contribution in [1.82, 2.24) is 10.2 Å². The Labute approximate surface area is 113 Å². The van der Waals surface area contributed by atoms with Gasteiger partial charge in [0.25, 0.3) is 0 Å². The van der Waals surface area contributed by atoms with Crippen molar-refractivity contribution in [2.24, 2.45) is 0 Å². The normalized spacial score (nSPS) is 19.1. The van der Waals surface area contributed by atoms with E-state index in [4.69, 9.17) is 0 Å². The van der Waals surface area contributed by atoms with Crippen molar-refractivity contribution in [3.63, 3.8) is 0 Å². The third kappa shape index (κ3) is 3.53. The number of carbonyl (C=O) groups excluding carboxylic acids is 1.